The van der Waals surface area contributed by atoms with Crippen LogP contribution in [-0.2, 0) is 9.53 Å². The minimum absolute atomic E-state index is 0.152. The number of carbonyl (C=O) groups is 1. The lowest BCUT2D eigenvalue weighted by Gasteiger charge is -2.25. The van der Waals surface area contributed by atoms with Gasteiger partial charge in [-0.25, -0.2) is 14.4 Å². The Bertz CT molecular complexity index is 530. The van der Waals surface area contributed by atoms with Crippen molar-refractivity contribution in [2.45, 2.75) is 31.3 Å². The van der Waals surface area contributed by atoms with Crippen molar-refractivity contribution in [2.24, 2.45) is 0 Å². The molecule has 0 unspecified atom stereocenters. The molecule has 0 aliphatic carbocycles. The summed E-state index contributed by atoms with van der Waals surface area (Å²) in [5, 5.41) is 0. The van der Waals surface area contributed by atoms with E-state index in [0.29, 0.717) is 23.6 Å². The zero-order valence-electron chi connectivity index (χ0n) is 12.1. The fourth-order valence-corrected chi connectivity index (χ4v) is 3.67. The highest BCUT2D eigenvalue weighted by atomic mass is 127. The van der Waals surface area contributed by atoms with Gasteiger partial charge in [0.2, 0.25) is 11.9 Å². The number of hydrogen-bond donors (Lipinski definition) is 0. The van der Waals surface area contributed by atoms with Gasteiger partial charge in [0.15, 0.2) is 5.82 Å². The van der Waals surface area contributed by atoms with Gasteiger partial charge >= 0.3 is 0 Å². The first-order chi connectivity index (χ1) is 10.7. The van der Waals surface area contributed by atoms with Crippen LogP contribution in [0.4, 0.5) is 10.3 Å². The third kappa shape index (κ3) is 3.17. The molecule has 3 rings (SSSR count). The van der Waals surface area contributed by atoms with E-state index in [2.05, 4.69) is 37.5 Å². The number of halogens is 2. The summed E-state index contributed by atoms with van der Waals surface area (Å²) in [4.78, 5) is 24.5. The molecule has 0 saturated carbocycles. The van der Waals surface area contributed by atoms with Crippen LogP contribution >= 0.6 is 22.6 Å². The first kappa shape index (κ1) is 15.9. The molecule has 0 aromatic carbocycles. The van der Waals surface area contributed by atoms with Crippen molar-refractivity contribution in [3.63, 3.8) is 0 Å². The third-order valence-corrected chi connectivity index (χ3v) is 4.74. The summed E-state index contributed by atoms with van der Waals surface area (Å²) in [6, 6.07) is 0.445. The number of alkyl halides is 1. The minimum Gasteiger partial charge on any atom is -0.371 e. The van der Waals surface area contributed by atoms with E-state index in [9.17, 15) is 9.18 Å². The first-order valence-corrected chi connectivity index (χ1v) is 8.90. The van der Waals surface area contributed by atoms with Gasteiger partial charge in [0.1, 0.15) is 0 Å². The van der Waals surface area contributed by atoms with Crippen molar-refractivity contribution in [1.29, 1.82) is 0 Å². The fraction of sp³-hybridized carbons (Fsp3) is 0.643. The molecule has 8 heteroatoms. The van der Waals surface area contributed by atoms with Crippen LogP contribution in [0.1, 0.15) is 19.3 Å². The Morgan fingerprint density at radius 1 is 1.32 bits per heavy atom. The lowest BCUT2D eigenvalue weighted by molar-refractivity contribution is -0.132. The number of hydrogen-bond acceptors (Lipinski definition) is 5. The van der Waals surface area contributed by atoms with Gasteiger partial charge in [0.05, 0.1) is 42.1 Å². The maximum absolute atomic E-state index is 12.9. The molecule has 22 heavy (non-hydrogen) atoms. The Balaban J connectivity index is 1.63. The number of rotatable bonds is 5. The molecule has 2 atom stereocenters. The van der Waals surface area contributed by atoms with Crippen LogP contribution in [0.25, 0.3) is 0 Å². The van der Waals surface area contributed by atoms with Crippen molar-refractivity contribution in [3.8, 4) is 0 Å². The second-order valence-electron chi connectivity index (χ2n) is 5.46. The average Bonchev–Trinajstić information content (AvgIpc) is 3.10. The number of amides is 1. The molecule has 0 spiro atoms. The van der Waals surface area contributed by atoms with Gasteiger partial charge in [0, 0.05) is 13.1 Å². The molecule has 120 valence electrons. The van der Waals surface area contributed by atoms with Gasteiger partial charge < -0.3 is 14.5 Å². The summed E-state index contributed by atoms with van der Waals surface area (Å²) in [5.74, 6) is 0.272. The van der Waals surface area contributed by atoms with Crippen LogP contribution in [0.3, 0.4) is 0 Å². The smallest absolute Gasteiger partial charge is 0.225 e. The Morgan fingerprint density at radius 3 is 2.77 bits per heavy atom. The largest absolute Gasteiger partial charge is 0.371 e. The van der Waals surface area contributed by atoms with E-state index in [1.165, 1.54) is 12.4 Å². The summed E-state index contributed by atoms with van der Waals surface area (Å²) in [5.41, 5.74) is 0. The monoisotopic (exact) mass is 420 g/mol. The van der Waals surface area contributed by atoms with Gasteiger partial charge in [-0.05, 0) is 12.8 Å². The molecule has 2 aliphatic rings. The molecule has 0 N–H and O–H groups in total. The standard InChI is InChI=1S/C14H18FIN4O2/c15-10-7-17-14(18-8-10)20-5-2-11-12(20)1-4-19(11)13(21)3-6-22-9-16/h7-8,11-12H,1-6,9H2/t11-,12-/m1/s1. The highest BCUT2D eigenvalue weighted by molar-refractivity contribution is 14.1. The SMILES string of the molecule is O=C(CCOCI)N1CC[C@@H]2[C@H]1CCN2c1ncc(F)cn1. The Morgan fingerprint density at radius 2 is 2.05 bits per heavy atom. The molecule has 6 nitrogen and oxygen atoms in total. The zero-order valence-corrected chi connectivity index (χ0v) is 14.3. The van der Waals surface area contributed by atoms with Crippen LogP contribution < -0.4 is 4.90 Å². The van der Waals surface area contributed by atoms with Gasteiger partial charge in [0.25, 0.3) is 0 Å². The molecule has 2 saturated heterocycles. The Labute approximate surface area is 142 Å². The number of anilines is 1. The van der Waals surface area contributed by atoms with Gasteiger partial charge in [-0.1, -0.05) is 22.6 Å². The maximum Gasteiger partial charge on any atom is 0.225 e. The molecule has 1 aromatic rings. The van der Waals surface area contributed by atoms with Gasteiger partial charge in [-0.3, -0.25) is 4.79 Å². The molecule has 1 amide bonds. The van der Waals surface area contributed by atoms with Gasteiger partial charge in [-0.15, -0.1) is 0 Å². The average molecular weight is 420 g/mol. The Kier molecular flexibility index (Phi) is 5.07. The predicted octanol–water partition coefficient (Wildman–Crippen LogP) is 1.59. The molecule has 3 heterocycles. The van der Waals surface area contributed by atoms with Crippen LogP contribution in [0.5, 0.6) is 0 Å². The number of nitrogens with zero attached hydrogens (tertiary/aromatic N) is 4. The molecular weight excluding hydrogens is 402 g/mol. The van der Waals surface area contributed by atoms with Crippen LogP contribution in [0.2, 0.25) is 0 Å². The molecule has 2 aliphatic heterocycles. The lowest BCUT2D eigenvalue weighted by atomic mass is 10.1. The van der Waals surface area contributed by atoms with Crippen molar-refractivity contribution in [3.05, 3.63) is 18.2 Å². The Hall–Kier alpha value is -1.03. The van der Waals surface area contributed by atoms with E-state index in [1.807, 2.05) is 4.90 Å². The van der Waals surface area contributed by atoms with E-state index >= 15 is 0 Å². The fourth-order valence-electron chi connectivity index (χ4n) is 3.36. The number of carbonyl (C=O) groups excluding carboxylic acids is 1. The lowest BCUT2D eigenvalue weighted by Crippen LogP contribution is -2.40. The predicted molar refractivity (Wildman–Crippen MR) is 87.3 cm³/mol. The first-order valence-electron chi connectivity index (χ1n) is 7.38. The summed E-state index contributed by atoms with van der Waals surface area (Å²) < 4.78 is 18.8. The zero-order chi connectivity index (χ0) is 15.5. The number of aromatic nitrogens is 2. The van der Waals surface area contributed by atoms with E-state index in [0.717, 1.165) is 25.9 Å². The normalized spacial score (nSPS) is 23.9. The summed E-state index contributed by atoms with van der Waals surface area (Å²) in [7, 11) is 0. The number of fused-ring (bicyclic) bond motifs is 1. The summed E-state index contributed by atoms with van der Waals surface area (Å²) >= 11 is 2.12. The quantitative estimate of drug-likeness (QED) is 0.412. The minimum atomic E-state index is -0.432. The summed E-state index contributed by atoms with van der Waals surface area (Å²) in [6.07, 6.45) is 4.62. The van der Waals surface area contributed by atoms with Gasteiger partial charge in [-0.2, -0.15) is 0 Å². The van der Waals surface area contributed by atoms with Crippen molar-refractivity contribution < 1.29 is 13.9 Å². The van der Waals surface area contributed by atoms with Crippen molar-refractivity contribution >= 4 is 34.4 Å². The molecule has 0 bridgehead atoms. The highest BCUT2D eigenvalue weighted by Crippen LogP contribution is 2.33. The maximum atomic E-state index is 12.9. The van der Waals surface area contributed by atoms with Crippen LogP contribution in [0, 0.1) is 5.82 Å². The van der Waals surface area contributed by atoms with Crippen LogP contribution in [0.15, 0.2) is 12.4 Å². The topological polar surface area (TPSA) is 58.6 Å². The molecule has 1 aromatic heterocycles. The van der Waals surface area contributed by atoms with E-state index in [4.69, 9.17) is 4.74 Å². The highest BCUT2D eigenvalue weighted by Gasteiger charge is 2.44. The second kappa shape index (κ2) is 7.03. The second-order valence-corrected chi connectivity index (χ2v) is 6.08. The van der Waals surface area contributed by atoms with E-state index < -0.39 is 5.82 Å². The van der Waals surface area contributed by atoms with Crippen molar-refractivity contribution in [1.82, 2.24) is 14.9 Å². The molecule has 0 radical (unpaired) electrons. The van der Waals surface area contributed by atoms with Crippen LogP contribution in [-0.4, -0.2) is 57.2 Å². The number of ether oxygens (including phenoxy) is 1. The van der Waals surface area contributed by atoms with E-state index in [-0.39, 0.29) is 18.0 Å². The van der Waals surface area contributed by atoms with Crippen molar-refractivity contribution in [2.75, 3.05) is 29.2 Å². The third-order valence-electron chi connectivity index (χ3n) is 4.30. The summed E-state index contributed by atoms with van der Waals surface area (Å²) in [6.45, 7) is 2.03. The van der Waals surface area contributed by atoms with E-state index in [1.54, 1.807) is 0 Å². The number of likely N-dealkylation sites (tertiary alicyclic amines) is 1. The molecule has 2 fully saturated rings. The molecular formula is C14H18FIN4O2.